The molecule has 1 aromatic carbocycles. The molecule has 1 heterocycles. The van der Waals surface area contributed by atoms with Gasteiger partial charge in [0.25, 0.3) is 0 Å². The summed E-state index contributed by atoms with van der Waals surface area (Å²) in [6.07, 6.45) is 0. The second-order valence-corrected chi connectivity index (χ2v) is 5.89. The van der Waals surface area contributed by atoms with E-state index in [1.807, 2.05) is 19.1 Å². The van der Waals surface area contributed by atoms with Crippen LogP contribution in [0.15, 0.2) is 29.2 Å². The quantitative estimate of drug-likeness (QED) is 0.739. The van der Waals surface area contributed by atoms with Crippen LogP contribution in [0.25, 0.3) is 0 Å². The molecule has 1 aliphatic rings. The van der Waals surface area contributed by atoms with E-state index in [4.69, 9.17) is 0 Å². The maximum Gasteiger partial charge on any atom is 0.244 e. The molecule has 4 nitrogen and oxygen atoms in total. The molecule has 16 heavy (non-hydrogen) atoms. The molecule has 1 aliphatic heterocycles. The van der Waals surface area contributed by atoms with E-state index in [1.54, 1.807) is 19.2 Å². The van der Waals surface area contributed by atoms with Crippen molar-refractivity contribution >= 4 is 15.7 Å². The Labute approximate surface area is 96.5 Å². The highest BCUT2D eigenvalue weighted by atomic mass is 32.2. The largest absolute Gasteiger partial charge is 0.369 e. The van der Waals surface area contributed by atoms with Crippen molar-refractivity contribution in [1.82, 2.24) is 4.31 Å². The lowest BCUT2D eigenvalue weighted by Crippen LogP contribution is -2.31. The third-order valence-electron chi connectivity index (χ3n) is 2.96. The molecule has 0 spiro atoms. The summed E-state index contributed by atoms with van der Waals surface area (Å²) in [5.74, 6) is 0. The molecule has 0 atom stereocenters. The summed E-state index contributed by atoms with van der Waals surface area (Å²) in [6, 6.07) is 7.19. The van der Waals surface area contributed by atoms with Crippen LogP contribution in [0.3, 0.4) is 0 Å². The molecule has 0 unspecified atom stereocenters. The Bertz CT molecular complexity index is 485. The highest BCUT2D eigenvalue weighted by Gasteiger charge is 2.28. The number of fused-ring (bicyclic) bond motifs is 1. The molecule has 2 rings (SSSR count). The van der Waals surface area contributed by atoms with Crippen molar-refractivity contribution in [2.75, 3.05) is 31.6 Å². The van der Waals surface area contributed by atoms with Crippen molar-refractivity contribution in [2.45, 2.75) is 11.8 Å². The van der Waals surface area contributed by atoms with Crippen LogP contribution in [0.5, 0.6) is 0 Å². The number of benzene rings is 1. The fraction of sp³-hybridized carbons (Fsp3) is 0.455. The summed E-state index contributed by atoms with van der Waals surface area (Å²) in [7, 11) is -1.68. The molecule has 0 saturated heterocycles. The number of sulfonamides is 1. The molecule has 0 aliphatic carbocycles. The monoisotopic (exact) mass is 240 g/mol. The number of hydrogen-bond donors (Lipinski definition) is 0. The molecular formula is C11H16N2O2S. The summed E-state index contributed by atoms with van der Waals surface area (Å²) in [6.45, 7) is 4.13. The standard InChI is InChI=1S/C11H16N2O2S/c1-3-13-9-8-12(2)16(14,15)11-7-5-4-6-10(11)13/h4-7H,3,8-9H2,1-2H3. The Balaban J connectivity index is 2.64. The topological polar surface area (TPSA) is 40.6 Å². The number of rotatable bonds is 1. The van der Waals surface area contributed by atoms with Crippen LogP contribution in [-0.2, 0) is 10.0 Å². The normalized spacial score (nSPS) is 20.2. The lowest BCUT2D eigenvalue weighted by molar-refractivity contribution is 0.479. The molecule has 0 aromatic heterocycles. The van der Waals surface area contributed by atoms with Gasteiger partial charge in [-0.15, -0.1) is 0 Å². The highest BCUT2D eigenvalue weighted by molar-refractivity contribution is 7.89. The predicted molar refractivity (Wildman–Crippen MR) is 64.1 cm³/mol. The van der Waals surface area contributed by atoms with Crippen LogP contribution in [0.2, 0.25) is 0 Å². The molecule has 0 amide bonds. The van der Waals surface area contributed by atoms with Crippen molar-refractivity contribution in [3.05, 3.63) is 24.3 Å². The molecule has 0 fully saturated rings. The van der Waals surface area contributed by atoms with Gasteiger partial charge < -0.3 is 4.90 Å². The number of likely N-dealkylation sites (N-methyl/N-ethyl adjacent to an activating group) is 2. The zero-order chi connectivity index (χ0) is 11.8. The average Bonchev–Trinajstić information content (AvgIpc) is 2.38. The van der Waals surface area contributed by atoms with Gasteiger partial charge in [-0.05, 0) is 19.1 Å². The Kier molecular flexibility index (Phi) is 2.90. The van der Waals surface area contributed by atoms with Gasteiger partial charge in [0.15, 0.2) is 0 Å². The van der Waals surface area contributed by atoms with Gasteiger partial charge in [-0.25, -0.2) is 8.42 Å². The molecule has 0 N–H and O–H groups in total. The van der Waals surface area contributed by atoms with Gasteiger partial charge in [-0.1, -0.05) is 12.1 Å². The summed E-state index contributed by atoms with van der Waals surface area (Å²) in [5, 5.41) is 0. The first kappa shape index (κ1) is 11.4. The maximum absolute atomic E-state index is 12.2. The molecular weight excluding hydrogens is 224 g/mol. The van der Waals surface area contributed by atoms with Gasteiger partial charge >= 0.3 is 0 Å². The zero-order valence-electron chi connectivity index (χ0n) is 9.55. The van der Waals surface area contributed by atoms with Crippen LogP contribution in [-0.4, -0.2) is 39.4 Å². The van der Waals surface area contributed by atoms with Gasteiger partial charge in [0.2, 0.25) is 10.0 Å². The van der Waals surface area contributed by atoms with Crippen LogP contribution in [0, 0.1) is 0 Å². The Hall–Kier alpha value is -1.07. The first-order valence-electron chi connectivity index (χ1n) is 5.37. The number of hydrogen-bond acceptors (Lipinski definition) is 3. The van der Waals surface area contributed by atoms with E-state index in [0.29, 0.717) is 11.4 Å². The van der Waals surface area contributed by atoms with Crippen LogP contribution in [0.4, 0.5) is 5.69 Å². The van der Waals surface area contributed by atoms with Crippen molar-refractivity contribution in [1.29, 1.82) is 0 Å². The van der Waals surface area contributed by atoms with E-state index in [0.717, 1.165) is 18.8 Å². The predicted octanol–water partition coefficient (Wildman–Crippen LogP) is 1.15. The minimum absolute atomic E-state index is 0.414. The van der Waals surface area contributed by atoms with Crippen LogP contribution < -0.4 is 4.90 Å². The zero-order valence-corrected chi connectivity index (χ0v) is 10.4. The van der Waals surface area contributed by atoms with E-state index in [9.17, 15) is 8.42 Å². The maximum atomic E-state index is 12.2. The first-order valence-corrected chi connectivity index (χ1v) is 6.81. The lowest BCUT2D eigenvalue weighted by Gasteiger charge is -2.21. The summed E-state index contributed by atoms with van der Waals surface area (Å²) < 4.78 is 25.8. The van der Waals surface area contributed by atoms with Gasteiger partial charge in [-0.2, -0.15) is 4.31 Å². The van der Waals surface area contributed by atoms with Gasteiger partial charge in [0.05, 0.1) is 5.69 Å². The van der Waals surface area contributed by atoms with Crippen LogP contribution >= 0.6 is 0 Å². The third kappa shape index (κ3) is 1.70. The van der Waals surface area contributed by atoms with Crippen LogP contribution in [0.1, 0.15) is 6.92 Å². The van der Waals surface area contributed by atoms with Crippen molar-refractivity contribution < 1.29 is 8.42 Å². The molecule has 0 radical (unpaired) electrons. The van der Waals surface area contributed by atoms with E-state index in [2.05, 4.69) is 4.90 Å². The smallest absolute Gasteiger partial charge is 0.244 e. The number of nitrogens with zero attached hydrogens (tertiary/aromatic N) is 2. The second kappa shape index (κ2) is 4.07. The van der Waals surface area contributed by atoms with E-state index < -0.39 is 10.0 Å². The van der Waals surface area contributed by atoms with Gasteiger partial charge in [0, 0.05) is 26.7 Å². The SMILES string of the molecule is CCN1CCN(C)S(=O)(=O)c2ccccc21. The molecule has 88 valence electrons. The first-order chi connectivity index (χ1) is 7.57. The molecule has 0 saturated carbocycles. The Morgan fingerprint density at radius 3 is 2.62 bits per heavy atom. The number of anilines is 1. The summed E-state index contributed by atoms with van der Waals surface area (Å²) in [4.78, 5) is 2.51. The fourth-order valence-electron chi connectivity index (χ4n) is 1.94. The molecule has 0 bridgehead atoms. The summed E-state index contributed by atoms with van der Waals surface area (Å²) in [5.41, 5.74) is 0.814. The third-order valence-corrected chi connectivity index (χ3v) is 4.86. The van der Waals surface area contributed by atoms with Crippen molar-refractivity contribution in [3.8, 4) is 0 Å². The highest BCUT2D eigenvalue weighted by Crippen LogP contribution is 2.29. The minimum atomic E-state index is -3.31. The summed E-state index contributed by atoms with van der Waals surface area (Å²) >= 11 is 0. The minimum Gasteiger partial charge on any atom is -0.369 e. The van der Waals surface area contributed by atoms with Gasteiger partial charge in [0.1, 0.15) is 4.90 Å². The number of para-hydroxylation sites is 1. The van der Waals surface area contributed by atoms with E-state index >= 15 is 0 Å². The average molecular weight is 240 g/mol. The van der Waals surface area contributed by atoms with Crippen molar-refractivity contribution in [2.24, 2.45) is 0 Å². The van der Waals surface area contributed by atoms with Gasteiger partial charge in [-0.3, -0.25) is 0 Å². The van der Waals surface area contributed by atoms with Crippen molar-refractivity contribution in [3.63, 3.8) is 0 Å². The Morgan fingerprint density at radius 1 is 1.25 bits per heavy atom. The lowest BCUT2D eigenvalue weighted by atomic mass is 10.3. The second-order valence-electron chi connectivity index (χ2n) is 3.87. The molecule has 1 aromatic rings. The van der Waals surface area contributed by atoms with E-state index in [-0.39, 0.29) is 0 Å². The fourth-order valence-corrected chi connectivity index (χ4v) is 3.30. The molecule has 5 heteroatoms. The van der Waals surface area contributed by atoms with E-state index in [1.165, 1.54) is 4.31 Å². The Morgan fingerprint density at radius 2 is 1.94 bits per heavy atom.